The highest BCUT2D eigenvalue weighted by Crippen LogP contribution is 2.28. The summed E-state index contributed by atoms with van der Waals surface area (Å²) in [6.45, 7) is 2.62. The number of carbonyl (C=O) groups is 1. The number of rotatable bonds is 7. The molecule has 0 spiro atoms. The first-order chi connectivity index (χ1) is 14.9. The van der Waals surface area contributed by atoms with Crippen LogP contribution in [0.15, 0.2) is 60.7 Å². The average molecular weight is 458 g/mol. The van der Waals surface area contributed by atoms with Crippen LogP contribution >= 0.6 is 23.8 Å². The van der Waals surface area contributed by atoms with Gasteiger partial charge in [-0.05, 0) is 60.6 Å². The third-order valence-electron chi connectivity index (χ3n) is 4.37. The number of anilines is 2. The van der Waals surface area contributed by atoms with Crippen molar-refractivity contribution in [2.24, 2.45) is 5.73 Å². The Morgan fingerprint density at radius 3 is 2.42 bits per heavy atom. The molecule has 0 aromatic heterocycles. The Morgan fingerprint density at radius 2 is 1.77 bits per heavy atom. The number of thiocarbonyl (C=S) groups is 1. The maximum atomic E-state index is 14.5. The SMILES string of the molecule is CCCOc1ccc(NC(=S)Nc2ccc(-c3cccc(C(N)=O)c3F)cc2)cc1Cl. The number of benzene rings is 3. The fourth-order valence-electron chi connectivity index (χ4n) is 2.88. The molecule has 0 saturated heterocycles. The summed E-state index contributed by atoms with van der Waals surface area (Å²) in [6.07, 6.45) is 0.895. The normalized spacial score (nSPS) is 10.4. The number of hydrogen-bond donors (Lipinski definition) is 3. The molecule has 3 aromatic carbocycles. The van der Waals surface area contributed by atoms with Crippen molar-refractivity contribution in [2.45, 2.75) is 13.3 Å². The zero-order valence-electron chi connectivity index (χ0n) is 16.7. The molecule has 160 valence electrons. The van der Waals surface area contributed by atoms with Gasteiger partial charge in [0.2, 0.25) is 0 Å². The summed E-state index contributed by atoms with van der Waals surface area (Å²) in [5.74, 6) is -0.827. The van der Waals surface area contributed by atoms with Crippen molar-refractivity contribution in [3.63, 3.8) is 0 Å². The van der Waals surface area contributed by atoms with Gasteiger partial charge in [0.05, 0.1) is 17.2 Å². The maximum Gasteiger partial charge on any atom is 0.251 e. The van der Waals surface area contributed by atoms with E-state index < -0.39 is 11.7 Å². The summed E-state index contributed by atoms with van der Waals surface area (Å²) in [5.41, 5.74) is 7.41. The van der Waals surface area contributed by atoms with Crippen LogP contribution < -0.4 is 21.1 Å². The zero-order chi connectivity index (χ0) is 22.4. The smallest absolute Gasteiger partial charge is 0.251 e. The first-order valence-corrected chi connectivity index (χ1v) is 10.4. The fraction of sp³-hybridized carbons (Fsp3) is 0.130. The minimum Gasteiger partial charge on any atom is -0.492 e. The third-order valence-corrected chi connectivity index (χ3v) is 4.87. The fourth-order valence-corrected chi connectivity index (χ4v) is 3.35. The molecule has 1 amide bonds. The molecule has 0 aliphatic heterocycles. The van der Waals surface area contributed by atoms with Gasteiger partial charge >= 0.3 is 0 Å². The molecule has 31 heavy (non-hydrogen) atoms. The van der Waals surface area contributed by atoms with Crippen LogP contribution in [0.5, 0.6) is 5.75 Å². The summed E-state index contributed by atoms with van der Waals surface area (Å²) in [6, 6.07) is 16.9. The Bertz CT molecular complexity index is 1110. The van der Waals surface area contributed by atoms with Gasteiger partial charge in [0.25, 0.3) is 5.91 Å². The van der Waals surface area contributed by atoms with E-state index in [0.29, 0.717) is 45.0 Å². The first-order valence-electron chi connectivity index (χ1n) is 9.58. The highest BCUT2D eigenvalue weighted by Gasteiger charge is 2.13. The van der Waals surface area contributed by atoms with Crippen LogP contribution in [0.25, 0.3) is 11.1 Å². The van der Waals surface area contributed by atoms with Crippen LogP contribution in [-0.2, 0) is 0 Å². The molecular weight excluding hydrogens is 437 g/mol. The van der Waals surface area contributed by atoms with Crippen molar-refractivity contribution in [2.75, 3.05) is 17.2 Å². The number of primary amides is 1. The van der Waals surface area contributed by atoms with Crippen molar-refractivity contribution in [1.29, 1.82) is 0 Å². The minimum atomic E-state index is -0.806. The maximum absolute atomic E-state index is 14.5. The Labute approximate surface area is 190 Å². The summed E-state index contributed by atoms with van der Waals surface area (Å²) < 4.78 is 20.1. The van der Waals surface area contributed by atoms with Crippen LogP contribution in [0.2, 0.25) is 5.02 Å². The van der Waals surface area contributed by atoms with Gasteiger partial charge in [0.1, 0.15) is 11.6 Å². The van der Waals surface area contributed by atoms with E-state index >= 15 is 0 Å². The molecule has 0 heterocycles. The number of hydrogen-bond acceptors (Lipinski definition) is 3. The van der Waals surface area contributed by atoms with E-state index in [1.807, 2.05) is 13.0 Å². The van der Waals surface area contributed by atoms with Gasteiger partial charge in [0, 0.05) is 16.9 Å². The molecule has 0 fully saturated rings. The summed E-state index contributed by atoms with van der Waals surface area (Å²) in [4.78, 5) is 11.4. The molecule has 0 aliphatic rings. The van der Waals surface area contributed by atoms with Gasteiger partial charge < -0.3 is 21.1 Å². The van der Waals surface area contributed by atoms with Gasteiger partial charge in [-0.25, -0.2) is 4.39 Å². The molecule has 8 heteroatoms. The molecule has 0 saturated carbocycles. The average Bonchev–Trinajstić information content (AvgIpc) is 2.74. The molecule has 3 rings (SSSR count). The molecule has 4 N–H and O–H groups in total. The molecule has 0 aliphatic carbocycles. The molecule has 0 radical (unpaired) electrons. The van der Waals surface area contributed by atoms with Gasteiger partial charge in [-0.3, -0.25) is 4.79 Å². The van der Waals surface area contributed by atoms with Gasteiger partial charge in [-0.15, -0.1) is 0 Å². The second kappa shape index (κ2) is 10.2. The van der Waals surface area contributed by atoms with Crippen molar-refractivity contribution in [3.8, 4) is 16.9 Å². The van der Waals surface area contributed by atoms with Crippen LogP contribution in [0.3, 0.4) is 0 Å². The second-order valence-corrected chi connectivity index (χ2v) is 7.50. The van der Waals surface area contributed by atoms with Gasteiger partial charge in [-0.2, -0.15) is 0 Å². The number of nitrogens with one attached hydrogen (secondary N) is 2. The third kappa shape index (κ3) is 5.71. The lowest BCUT2D eigenvalue weighted by Gasteiger charge is -2.13. The van der Waals surface area contributed by atoms with E-state index in [2.05, 4.69) is 10.6 Å². The largest absolute Gasteiger partial charge is 0.492 e. The summed E-state index contributed by atoms with van der Waals surface area (Å²) >= 11 is 11.6. The van der Waals surface area contributed by atoms with E-state index in [1.54, 1.807) is 48.5 Å². The predicted molar refractivity (Wildman–Crippen MR) is 127 cm³/mol. The Balaban J connectivity index is 1.66. The van der Waals surface area contributed by atoms with Crippen LogP contribution in [-0.4, -0.2) is 17.6 Å². The predicted octanol–water partition coefficient (Wildman–Crippen LogP) is 5.84. The van der Waals surface area contributed by atoms with E-state index in [1.165, 1.54) is 6.07 Å². The Morgan fingerprint density at radius 1 is 1.10 bits per heavy atom. The standard InChI is InChI=1S/C23H21ClFN3O2S/c1-2-12-30-20-11-10-16(13-19(20)24)28-23(31)27-15-8-6-14(7-9-15)17-4-3-5-18(21(17)25)22(26)29/h3-11,13H,2,12H2,1H3,(H2,26,29)(H2,27,28,31). The second-order valence-electron chi connectivity index (χ2n) is 6.68. The first kappa shape index (κ1) is 22.5. The topological polar surface area (TPSA) is 76.4 Å². The number of nitrogens with two attached hydrogens (primary N) is 1. The number of amides is 1. The lowest BCUT2D eigenvalue weighted by atomic mass is 10.0. The number of halogens is 2. The molecule has 5 nitrogen and oxygen atoms in total. The van der Waals surface area contributed by atoms with Crippen LogP contribution in [0, 0.1) is 5.82 Å². The minimum absolute atomic E-state index is 0.144. The monoisotopic (exact) mass is 457 g/mol. The van der Waals surface area contributed by atoms with Gasteiger partial charge in [0.15, 0.2) is 5.11 Å². The molecular formula is C23H21ClFN3O2S. The van der Waals surface area contributed by atoms with Crippen molar-refractivity contribution in [3.05, 3.63) is 77.1 Å². The zero-order valence-corrected chi connectivity index (χ0v) is 18.3. The highest BCUT2D eigenvalue weighted by atomic mass is 35.5. The lowest BCUT2D eigenvalue weighted by Crippen LogP contribution is -2.19. The highest BCUT2D eigenvalue weighted by molar-refractivity contribution is 7.80. The molecule has 0 bridgehead atoms. The number of ether oxygens (including phenoxy) is 1. The van der Waals surface area contributed by atoms with Crippen molar-refractivity contribution in [1.82, 2.24) is 0 Å². The van der Waals surface area contributed by atoms with E-state index in [4.69, 9.17) is 34.3 Å². The summed E-state index contributed by atoms with van der Waals surface area (Å²) in [5, 5.41) is 6.98. The summed E-state index contributed by atoms with van der Waals surface area (Å²) in [7, 11) is 0. The van der Waals surface area contributed by atoms with Crippen molar-refractivity contribution < 1.29 is 13.9 Å². The molecule has 3 aromatic rings. The Hall–Kier alpha value is -3.16. The lowest BCUT2D eigenvalue weighted by molar-refractivity contribution is 0.0996. The van der Waals surface area contributed by atoms with Crippen molar-refractivity contribution >= 4 is 46.2 Å². The van der Waals surface area contributed by atoms with Crippen LogP contribution in [0.1, 0.15) is 23.7 Å². The number of carbonyl (C=O) groups excluding carboxylic acids is 1. The van der Waals surface area contributed by atoms with Gasteiger partial charge in [-0.1, -0.05) is 42.8 Å². The van der Waals surface area contributed by atoms with E-state index in [9.17, 15) is 9.18 Å². The molecule has 0 atom stereocenters. The molecule has 0 unspecified atom stereocenters. The Kier molecular flexibility index (Phi) is 7.44. The van der Waals surface area contributed by atoms with E-state index in [-0.39, 0.29) is 5.56 Å². The quantitative estimate of drug-likeness (QED) is 0.388. The van der Waals surface area contributed by atoms with Crippen LogP contribution in [0.4, 0.5) is 15.8 Å². The van der Waals surface area contributed by atoms with E-state index in [0.717, 1.165) is 6.42 Å².